The Hall–Kier alpha value is -0.653. The molecule has 0 amide bonds. The maximum Gasteiger partial charge on any atom is 0.430 e. The van der Waals surface area contributed by atoms with Gasteiger partial charge in [-0.1, -0.05) is 13.5 Å². The van der Waals surface area contributed by atoms with Gasteiger partial charge >= 0.3 is 15.3 Å². The van der Waals surface area contributed by atoms with Crippen molar-refractivity contribution >= 4 is 15.3 Å². The third-order valence-electron chi connectivity index (χ3n) is 1.87. The molecule has 1 unspecified atom stereocenters. The third kappa shape index (κ3) is 6.60. The second-order valence-corrected chi connectivity index (χ2v) is 5.81. The van der Waals surface area contributed by atoms with Crippen LogP contribution in [0.15, 0.2) is 12.2 Å². The number of esters is 1. The van der Waals surface area contributed by atoms with Crippen LogP contribution in [0.2, 0.25) is 0 Å². The average molecular weight is 259 g/mol. The molecule has 0 fully saturated rings. The average Bonchev–Trinajstić information content (AvgIpc) is 2.24. The number of ether oxygens (including phenoxy) is 1. The summed E-state index contributed by atoms with van der Waals surface area (Å²) in [5.74, 6) is -0.383. The van der Waals surface area contributed by atoms with Gasteiger partial charge in [-0.15, -0.1) is 0 Å². The summed E-state index contributed by atoms with van der Waals surface area (Å²) in [7, 11) is -1.60. The van der Waals surface area contributed by atoms with Crippen molar-refractivity contribution < 1.29 is 18.4 Å². The van der Waals surface area contributed by atoms with Gasteiger partial charge in [-0.05, 0) is 34.1 Å². The summed E-state index contributed by atoms with van der Waals surface area (Å²) >= 11 is 0. The summed E-state index contributed by atoms with van der Waals surface area (Å²) in [6.45, 7) is 13.5. The van der Waals surface area contributed by atoms with E-state index in [-0.39, 0.29) is 17.8 Å². The molecule has 5 heteroatoms. The second-order valence-electron chi connectivity index (χ2n) is 4.00. The SMILES string of the molecule is C=C(C)C(=O)OC(CC)[Si](OCC)OC(C)C. The van der Waals surface area contributed by atoms with E-state index in [0.29, 0.717) is 18.6 Å². The van der Waals surface area contributed by atoms with E-state index in [1.165, 1.54) is 0 Å². The smallest absolute Gasteiger partial charge is 0.430 e. The van der Waals surface area contributed by atoms with Gasteiger partial charge in [-0.25, -0.2) is 4.79 Å². The number of hydrogen-bond donors (Lipinski definition) is 0. The Bertz CT molecular complexity index is 253. The Kier molecular flexibility index (Phi) is 8.12. The first-order chi connectivity index (χ1) is 7.92. The van der Waals surface area contributed by atoms with Crippen molar-refractivity contribution in [1.82, 2.24) is 0 Å². The molecule has 0 saturated heterocycles. The maximum atomic E-state index is 11.5. The zero-order chi connectivity index (χ0) is 13.4. The van der Waals surface area contributed by atoms with E-state index in [0.717, 1.165) is 0 Å². The van der Waals surface area contributed by atoms with Crippen molar-refractivity contribution in [3.8, 4) is 0 Å². The van der Waals surface area contributed by atoms with Crippen molar-refractivity contribution in [2.75, 3.05) is 6.61 Å². The van der Waals surface area contributed by atoms with E-state index in [1.807, 2.05) is 27.7 Å². The molecule has 0 aromatic heterocycles. The summed E-state index contributed by atoms with van der Waals surface area (Å²) in [4.78, 5) is 11.5. The third-order valence-corrected chi connectivity index (χ3v) is 4.20. The minimum absolute atomic E-state index is 0.0630. The summed E-state index contributed by atoms with van der Waals surface area (Å²) in [5.41, 5.74) is 0.0948. The number of hydrogen-bond acceptors (Lipinski definition) is 4. The first-order valence-corrected chi connectivity index (χ1v) is 7.34. The summed E-state index contributed by atoms with van der Waals surface area (Å²) in [6.07, 6.45) is 0.744. The fourth-order valence-electron chi connectivity index (χ4n) is 1.11. The molecule has 1 atom stereocenters. The van der Waals surface area contributed by atoms with Crippen LogP contribution >= 0.6 is 0 Å². The van der Waals surface area contributed by atoms with E-state index >= 15 is 0 Å². The first-order valence-electron chi connectivity index (χ1n) is 5.95. The van der Waals surface area contributed by atoms with Crippen LogP contribution in [0.4, 0.5) is 0 Å². The fourth-order valence-corrected chi connectivity index (χ4v) is 2.80. The van der Waals surface area contributed by atoms with Crippen LogP contribution in [-0.4, -0.2) is 33.7 Å². The molecule has 0 aliphatic rings. The molecular formula is C12H23O4Si. The zero-order valence-electron chi connectivity index (χ0n) is 11.4. The van der Waals surface area contributed by atoms with Gasteiger partial charge < -0.3 is 13.6 Å². The Morgan fingerprint density at radius 2 is 1.94 bits per heavy atom. The molecule has 0 bridgehead atoms. The lowest BCUT2D eigenvalue weighted by Gasteiger charge is -2.24. The topological polar surface area (TPSA) is 44.8 Å². The second kappa shape index (κ2) is 8.44. The van der Waals surface area contributed by atoms with E-state index < -0.39 is 9.28 Å². The minimum atomic E-state index is -1.60. The number of carbonyl (C=O) groups is 1. The molecule has 0 rings (SSSR count). The van der Waals surface area contributed by atoms with Crippen molar-refractivity contribution in [1.29, 1.82) is 0 Å². The first kappa shape index (κ1) is 16.3. The van der Waals surface area contributed by atoms with Crippen LogP contribution < -0.4 is 0 Å². The summed E-state index contributed by atoms with van der Waals surface area (Å²) < 4.78 is 16.6. The standard InChI is InChI=1S/C12H23O4Si/c1-7-11(15-12(13)9(3)4)17(14-8-2)16-10(5)6/h10-11H,3,7-8H2,1-2,4-6H3. The van der Waals surface area contributed by atoms with Crippen molar-refractivity contribution in [3.05, 3.63) is 12.2 Å². The molecule has 99 valence electrons. The van der Waals surface area contributed by atoms with E-state index in [2.05, 4.69) is 6.58 Å². The van der Waals surface area contributed by atoms with Gasteiger partial charge in [0, 0.05) is 18.3 Å². The summed E-state index contributed by atoms with van der Waals surface area (Å²) in [6, 6.07) is 0. The fraction of sp³-hybridized carbons (Fsp3) is 0.750. The molecule has 0 spiro atoms. The van der Waals surface area contributed by atoms with Crippen LogP contribution in [-0.2, 0) is 18.4 Å². The highest BCUT2D eigenvalue weighted by Crippen LogP contribution is 2.11. The molecule has 17 heavy (non-hydrogen) atoms. The monoisotopic (exact) mass is 259 g/mol. The Balaban J connectivity index is 4.54. The number of rotatable bonds is 8. The molecular weight excluding hydrogens is 236 g/mol. The molecule has 0 heterocycles. The Labute approximate surface area is 106 Å². The van der Waals surface area contributed by atoms with Crippen LogP contribution in [0, 0.1) is 0 Å². The highest BCUT2D eigenvalue weighted by Gasteiger charge is 2.31. The van der Waals surface area contributed by atoms with Crippen molar-refractivity contribution in [2.24, 2.45) is 0 Å². The highest BCUT2D eigenvalue weighted by atomic mass is 28.3. The highest BCUT2D eigenvalue weighted by molar-refractivity contribution is 6.46. The Morgan fingerprint density at radius 1 is 1.35 bits per heavy atom. The van der Waals surface area contributed by atoms with Gasteiger partial charge in [0.15, 0.2) is 0 Å². The molecule has 0 N–H and O–H groups in total. The van der Waals surface area contributed by atoms with Gasteiger partial charge in [0.05, 0.1) is 0 Å². The van der Waals surface area contributed by atoms with E-state index in [9.17, 15) is 4.79 Å². The van der Waals surface area contributed by atoms with Crippen molar-refractivity contribution in [3.63, 3.8) is 0 Å². The van der Waals surface area contributed by atoms with Crippen LogP contribution in [0.1, 0.15) is 41.0 Å². The quantitative estimate of drug-likeness (QED) is 0.381. The van der Waals surface area contributed by atoms with Crippen LogP contribution in [0.25, 0.3) is 0 Å². The number of carbonyl (C=O) groups excluding carboxylic acids is 1. The molecule has 0 saturated carbocycles. The van der Waals surface area contributed by atoms with Gasteiger partial charge in [0.1, 0.15) is 5.73 Å². The zero-order valence-corrected chi connectivity index (χ0v) is 12.4. The largest absolute Gasteiger partial charge is 0.457 e. The van der Waals surface area contributed by atoms with Gasteiger partial charge in [0.2, 0.25) is 0 Å². The minimum Gasteiger partial charge on any atom is -0.457 e. The molecule has 1 radical (unpaired) electrons. The van der Waals surface area contributed by atoms with Crippen LogP contribution in [0.5, 0.6) is 0 Å². The van der Waals surface area contributed by atoms with Gasteiger partial charge in [-0.2, -0.15) is 0 Å². The predicted octanol–water partition coefficient (Wildman–Crippen LogP) is 2.37. The lowest BCUT2D eigenvalue weighted by molar-refractivity contribution is -0.142. The molecule has 4 nitrogen and oxygen atoms in total. The van der Waals surface area contributed by atoms with E-state index in [4.69, 9.17) is 13.6 Å². The van der Waals surface area contributed by atoms with Gasteiger partial charge in [0.25, 0.3) is 0 Å². The molecule has 0 aromatic rings. The predicted molar refractivity (Wildman–Crippen MR) is 68.6 cm³/mol. The normalized spacial score (nSPS) is 12.9. The molecule has 0 aliphatic heterocycles. The molecule has 0 aliphatic carbocycles. The van der Waals surface area contributed by atoms with Crippen molar-refractivity contribution in [2.45, 2.75) is 52.9 Å². The lowest BCUT2D eigenvalue weighted by atomic mass is 10.4. The Morgan fingerprint density at radius 3 is 2.29 bits per heavy atom. The van der Waals surface area contributed by atoms with Gasteiger partial charge in [-0.3, -0.25) is 0 Å². The lowest BCUT2D eigenvalue weighted by Crippen LogP contribution is -2.42. The maximum absolute atomic E-state index is 11.5. The van der Waals surface area contributed by atoms with Crippen LogP contribution in [0.3, 0.4) is 0 Å². The van der Waals surface area contributed by atoms with E-state index in [1.54, 1.807) is 6.92 Å². The molecule has 0 aromatic carbocycles. The summed E-state index contributed by atoms with van der Waals surface area (Å²) in [5, 5.41) is 0.